The van der Waals surface area contributed by atoms with Crippen LogP contribution in [0.5, 0.6) is 0 Å². The lowest BCUT2D eigenvalue weighted by Gasteiger charge is -2.00. The quantitative estimate of drug-likeness (QED) is 0.722. The molecule has 4 heteroatoms. The Morgan fingerprint density at radius 1 is 1.75 bits per heavy atom. The van der Waals surface area contributed by atoms with Crippen LogP contribution in [0.25, 0.3) is 0 Å². The first kappa shape index (κ1) is 8.64. The Morgan fingerprint density at radius 2 is 2.42 bits per heavy atom. The summed E-state index contributed by atoms with van der Waals surface area (Å²) in [5, 5.41) is 8.40. The molecule has 0 bridgehead atoms. The molecule has 0 aromatic carbocycles. The monoisotopic (exact) mass is 169 g/mol. The molecule has 12 heavy (non-hydrogen) atoms. The van der Waals surface area contributed by atoms with E-state index < -0.39 is 11.8 Å². The third-order valence-corrected chi connectivity index (χ3v) is 1.49. The second kappa shape index (κ2) is 3.30. The van der Waals surface area contributed by atoms with E-state index in [0.717, 1.165) is 0 Å². The summed E-state index contributed by atoms with van der Waals surface area (Å²) in [6, 6.07) is 1.37. The van der Waals surface area contributed by atoms with Crippen LogP contribution in [0.3, 0.4) is 0 Å². The van der Waals surface area contributed by atoms with Crippen LogP contribution in [0.2, 0.25) is 0 Å². The highest BCUT2D eigenvalue weighted by Gasteiger charge is 2.08. The number of hydrogen-bond donors (Lipinski definition) is 1. The Hall–Kier alpha value is -1.45. The topological polar surface area (TPSA) is 50.2 Å². The number of aliphatic carboxylic acids is 1. The maximum Gasteiger partial charge on any atom is 0.307 e. The number of aryl methyl sites for hydroxylation is 1. The van der Waals surface area contributed by atoms with E-state index in [1.807, 2.05) is 0 Å². The van der Waals surface area contributed by atoms with E-state index in [4.69, 9.17) is 5.11 Å². The molecule has 0 radical (unpaired) electrons. The molecule has 0 saturated carbocycles. The van der Waals surface area contributed by atoms with Crippen LogP contribution in [0, 0.1) is 12.7 Å². The van der Waals surface area contributed by atoms with Crippen molar-refractivity contribution in [2.75, 3.05) is 0 Å². The molecule has 0 amide bonds. The first-order valence-corrected chi connectivity index (χ1v) is 3.43. The summed E-state index contributed by atoms with van der Waals surface area (Å²) < 4.78 is 13.0. The van der Waals surface area contributed by atoms with Crippen LogP contribution in [-0.2, 0) is 11.2 Å². The molecule has 0 aliphatic heterocycles. The lowest BCUT2D eigenvalue weighted by molar-refractivity contribution is -0.136. The molecule has 0 unspecified atom stereocenters. The maximum atomic E-state index is 13.0. The van der Waals surface area contributed by atoms with Crippen molar-refractivity contribution in [3.63, 3.8) is 0 Å². The molecule has 1 aromatic rings. The van der Waals surface area contributed by atoms with Gasteiger partial charge in [0.15, 0.2) is 0 Å². The Morgan fingerprint density at radius 3 is 3.00 bits per heavy atom. The standard InChI is InChI=1S/C8H8FNO2/c1-5-8(9)6(2-3-10-5)4-7(11)12/h2-3H,4H2,1H3,(H,11,12). The summed E-state index contributed by atoms with van der Waals surface area (Å²) in [6.45, 7) is 1.50. The van der Waals surface area contributed by atoms with Gasteiger partial charge in [0.05, 0.1) is 12.1 Å². The van der Waals surface area contributed by atoms with E-state index in [1.165, 1.54) is 19.2 Å². The Kier molecular flexibility index (Phi) is 2.38. The smallest absolute Gasteiger partial charge is 0.307 e. The van der Waals surface area contributed by atoms with Gasteiger partial charge in [0.1, 0.15) is 5.82 Å². The third kappa shape index (κ3) is 1.78. The molecule has 1 N–H and O–H groups in total. The number of carboxylic acids is 1. The zero-order chi connectivity index (χ0) is 9.14. The molecule has 0 fully saturated rings. The van der Waals surface area contributed by atoms with Crippen molar-refractivity contribution in [1.82, 2.24) is 4.98 Å². The molecule has 1 rings (SSSR count). The molecule has 0 aliphatic carbocycles. The van der Waals surface area contributed by atoms with Gasteiger partial charge < -0.3 is 5.11 Å². The average molecular weight is 169 g/mol. The van der Waals surface area contributed by atoms with Crippen LogP contribution < -0.4 is 0 Å². The summed E-state index contributed by atoms with van der Waals surface area (Å²) >= 11 is 0. The Balaban J connectivity index is 3.00. The molecule has 0 spiro atoms. The minimum absolute atomic E-state index is 0.176. The summed E-state index contributed by atoms with van der Waals surface area (Å²) in [4.78, 5) is 13.9. The second-order valence-electron chi connectivity index (χ2n) is 2.44. The molecule has 1 heterocycles. The lowest BCUT2D eigenvalue weighted by atomic mass is 10.1. The number of carboxylic acid groups (broad SMARTS) is 1. The number of halogens is 1. The van der Waals surface area contributed by atoms with E-state index in [2.05, 4.69) is 4.98 Å². The number of hydrogen-bond acceptors (Lipinski definition) is 2. The average Bonchev–Trinajstić information content (AvgIpc) is 1.98. The minimum atomic E-state index is -1.04. The van der Waals surface area contributed by atoms with E-state index >= 15 is 0 Å². The Labute approximate surface area is 68.9 Å². The molecular weight excluding hydrogens is 161 g/mol. The number of nitrogens with zero attached hydrogens (tertiary/aromatic N) is 1. The first-order valence-electron chi connectivity index (χ1n) is 3.43. The van der Waals surface area contributed by atoms with Gasteiger partial charge in [-0.05, 0) is 13.0 Å². The van der Waals surface area contributed by atoms with Crippen LogP contribution in [0.4, 0.5) is 4.39 Å². The van der Waals surface area contributed by atoms with Crippen LogP contribution in [0.15, 0.2) is 12.3 Å². The van der Waals surface area contributed by atoms with Gasteiger partial charge in [0.2, 0.25) is 0 Å². The largest absolute Gasteiger partial charge is 0.481 e. The zero-order valence-electron chi connectivity index (χ0n) is 6.54. The summed E-state index contributed by atoms with van der Waals surface area (Å²) in [7, 11) is 0. The normalized spacial score (nSPS) is 9.83. The van der Waals surface area contributed by atoms with Crippen molar-refractivity contribution in [2.45, 2.75) is 13.3 Å². The van der Waals surface area contributed by atoms with E-state index in [9.17, 15) is 9.18 Å². The molecular formula is C8H8FNO2. The van der Waals surface area contributed by atoms with Gasteiger partial charge in [0.25, 0.3) is 0 Å². The van der Waals surface area contributed by atoms with Gasteiger partial charge in [-0.2, -0.15) is 0 Å². The lowest BCUT2D eigenvalue weighted by Crippen LogP contribution is -2.04. The summed E-state index contributed by atoms with van der Waals surface area (Å²) in [6.07, 6.45) is 1.10. The predicted molar refractivity (Wildman–Crippen MR) is 40.3 cm³/mol. The molecule has 0 atom stereocenters. The van der Waals surface area contributed by atoms with E-state index in [-0.39, 0.29) is 17.7 Å². The first-order chi connectivity index (χ1) is 5.61. The van der Waals surface area contributed by atoms with Crippen molar-refractivity contribution in [2.24, 2.45) is 0 Å². The van der Waals surface area contributed by atoms with Crippen molar-refractivity contribution in [1.29, 1.82) is 0 Å². The molecule has 0 saturated heterocycles. The maximum absolute atomic E-state index is 13.0. The van der Waals surface area contributed by atoms with Crippen molar-refractivity contribution in [3.8, 4) is 0 Å². The Bertz CT molecular complexity index is 312. The fraction of sp³-hybridized carbons (Fsp3) is 0.250. The van der Waals surface area contributed by atoms with Gasteiger partial charge in [-0.3, -0.25) is 9.78 Å². The third-order valence-electron chi connectivity index (χ3n) is 1.49. The van der Waals surface area contributed by atoms with Gasteiger partial charge in [-0.25, -0.2) is 4.39 Å². The van der Waals surface area contributed by atoms with Crippen molar-refractivity contribution >= 4 is 5.97 Å². The minimum Gasteiger partial charge on any atom is -0.481 e. The van der Waals surface area contributed by atoms with Crippen molar-refractivity contribution < 1.29 is 14.3 Å². The number of carbonyl (C=O) groups is 1. The fourth-order valence-electron chi connectivity index (χ4n) is 0.901. The van der Waals surface area contributed by atoms with E-state index in [0.29, 0.717) is 0 Å². The second-order valence-corrected chi connectivity index (χ2v) is 2.44. The predicted octanol–water partition coefficient (Wildman–Crippen LogP) is 1.16. The van der Waals surface area contributed by atoms with Crippen LogP contribution in [-0.4, -0.2) is 16.1 Å². The van der Waals surface area contributed by atoms with Crippen LogP contribution >= 0.6 is 0 Å². The van der Waals surface area contributed by atoms with Gasteiger partial charge in [-0.15, -0.1) is 0 Å². The van der Waals surface area contributed by atoms with Gasteiger partial charge in [0, 0.05) is 11.8 Å². The fourth-order valence-corrected chi connectivity index (χ4v) is 0.901. The SMILES string of the molecule is Cc1nccc(CC(=O)O)c1F. The zero-order valence-corrected chi connectivity index (χ0v) is 6.54. The molecule has 3 nitrogen and oxygen atoms in total. The molecule has 64 valence electrons. The highest BCUT2D eigenvalue weighted by molar-refractivity contribution is 5.70. The van der Waals surface area contributed by atoms with Gasteiger partial charge >= 0.3 is 5.97 Å². The van der Waals surface area contributed by atoms with Crippen molar-refractivity contribution in [3.05, 3.63) is 29.3 Å². The summed E-state index contributed by atoms with van der Waals surface area (Å²) in [5.74, 6) is -1.57. The van der Waals surface area contributed by atoms with E-state index in [1.54, 1.807) is 0 Å². The number of rotatable bonds is 2. The molecule has 0 aliphatic rings. The molecule has 1 aromatic heterocycles. The summed E-state index contributed by atoms with van der Waals surface area (Å²) in [5.41, 5.74) is 0.406. The highest BCUT2D eigenvalue weighted by atomic mass is 19.1. The number of aromatic nitrogens is 1. The number of pyridine rings is 1. The van der Waals surface area contributed by atoms with Gasteiger partial charge in [-0.1, -0.05) is 0 Å². The van der Waals surface area contributed by atoms with Crippen LogP contribution in [0.1, 0.15) is 11.3 Å². The highest BCUT2D eigenvalue weighted by Crippen LogP contribution is 2.09.